The van der Waals surface area contributed by atoms with Gasteiger partial charge >= 0.3 is 0 Å². The Kier molecular flexibility index (Phi) is 6.41. The number of amides is 1. The molecule has 0 unspecified atom stereocenters. The lowest BCUT2D eigenvalue weighted by Gasteiger charge is -2.20. The number of fused-ring (bicyclic) bond motifs is 1. The van der Waals surface area contributed by atoms with Gasteiger partial charge in [0.15, 0.2) is 18.2 Å². The first kappa shape index (κ1) is 22.5. The van der Waals surface area contributed by atoms with E-state index in [4.69, 9.17) is 14.7 Å². The van der Waals surface area contributed by atoms with Crippen molar-refractivity contribution in [3.05, 3.63) is 54.0 Å². The zero-order chi connectivity index (χ0) is 23.4. The molecule has 4 rings (SSSR count). The maximum atomic E-state index is 12.1. The summed E-state index contributed by atoms with van der Waals surface area (Å²) in [4.78, 5) is 25.9. The van der Waals surface area contributed by atoms with E-state index in [1.807, 2.05) is 75.7 Å². The van der Waals surface area contributed by atoms with Gasteiger partial charge in [-0.25, -0.2) is 15.0 Å². The van der Waals surface area contributed by atoms with Crippen LogP contribution in [0.1, 0.15) is 20.8 Å². The predicted octanol–water partition coefficient (Wildman–Crippen LogP) is 4.83. The minimum atomic E-state index is -0.307. The topological polar surface area (TPSA) is 101 Å². The van der Waals surface area contributed by atoms with Crippen molar-refractivity contribution in [3.63, 3.8) is 0 Å². The molecule has 0 radical (unpaired) electrons. The van der Waals surface area contributed by atoms with Crippen LogP contribution in [0.4, 0.5) is 17.3 Å². The van der Waals surface area contributed by atoms with Crippen molar-refractivity contribution >= 4 is 44.8 Å². The summed E-state index contributed by atoms with van der Waals surface area (Å²) in [5, 5.41) is 11.2. The number of carbonyl (C=O) groups is 1. The van der Waals surface area contributed by atoms with Gasteiger partial charge in [-0.15, -0.1) is 11.3 Å². The lowest BCUT2D eigenvalue weighted by Crippen LogP contribution is -2.43. The third kappa shape index (κ3) is 5.75. The molecule has 170 valence electrons. The monoisotopic (exact) mass is 462 g/mol. The Morgan fingerprint density at radius 3 is 2.70 bits per heavy atom. The molecule has 1 aromatic carbocycles. The number of pyridine rings is 1. The van der Waals surface area contributed by atoms with E-state index in [0.29, 0.717) is 17.4 Å². The van der Waals surface area contributed by atoms with E-state index in [-0.39, 0.29) is 18.1 Å². The Balaban J connectivity index is 1.58. The summed E-state index contributed by atoms with van der Waals surface area (Å²) in [6.45, 7) is 5.73. The van der Waals surface area contributed by atoms with E-state index in [9.17, 15) is 4.79 Å². The fourth-order valence-electron chi connectivity index (χ4n) is 3.16. The lowest BCUT2D eigenvalue weighted by molar-refractivity contribution is -0.124. The van der Waals surface area contributed by atoms with Crippen LogP contribution in [-0.4, -0.2) is 40.1 Å². The average molecular weight is 463 g/mol. The standard InChI is InChI=1S/C24H26N6O2S/c1-24(2,3)30-20(31)14-32-17-7-5-6-15(12-17)22-28-18-10-11-33-21(18)23(29-22)27-16-8-9-19(25-4)26-13-16/h5-13H,14H2,1-4H3,(H,25,26)(H,30,31)(H,27,28,29). The van der Waals surface area contributed by atoms with Gasteiger partial charge < -0.3 is 20.7 Å². The molecule has 0 aliphatic rings. The summed E-state index contributed by atoms with van der Waals surface area (Å²) >= 11 is 1.57. The number of ether oxygens (including phenoxy) is 1. The Labute approximate surface area is 196 Å². The number of thiophene rings is 1. The number of anilines is 3. The smallest absolute Gasteiger partial charge is 0.258 e. The maximum Gasteiger partial charge on any atom is 0.258 e. The number of hydrogen-bond donors (Lipinski definition) is 3. The highest BCUT2D eigenvalue weighted by Crippen LogP contribution is 2.32. The summed E-state index contributed by atoms with van der Waals surface area (Å²) < 4.78 is 6.66. The lowest BCUT2D eigenvalue weighted by atomic mass is 10.1. The van der Waals surface area contributed by atoms with Crippen LogP contribution >= 0.6 is 11.3 Å². The number of nitrogens with zero attached hydrogens (tertiary/aromatic N) is 3. The summed E-state index contributed by atoms with van der Waals surface area (Å²) in [7, 11) is 1.83. The fraction of sp³-hybridized carbons (Fsp3) is 0.250. The zero-order valence-electron chi connectivity index (χ0n) is 19.0. The molecule has 0 spiro atoms. The molecule has 0 atom stereocenters. The van der Waals surface area contributed by atoms with Crippen LogP contribution in [-0.2, 0) is 4.79 Å². The van der Waals surface area contributed by atoms with E-state index in [2.05, 4.69) is 20.9 Å². The molecule has 3 aromatic heterocycles. The Bertz CT molecular complexity index is 1260. The molecule has 0 aliphatic heterocycles. The van der Waals surface area contributed by atoms with Gasteiger partial charge in [0.05, 0.1) is 22.1 Å². The van der Waals surface area contributed by atoms with Gasteiger partial charge in [-0.05, 0) is 56.5 Å². The third-order valence-corrected chi connectivity index (χ3v) is 5.47. The quantitative estimate of drug-likeness (QED) is 0.361. The van der Waals surface area contributed by atoms with Gasteiger partial charge in [-0.2, -0.15) is 0 Å². The van der Waals surface area contributed by atoms with Crippen LogP contribution in [0.5, 0.6) is 5.75 Å². The molecule has 3 N–H and O–H groups in total. The highest BCUT2D eigenvalue weighted by molar-refractivity contribution is 7.17. The van der Waals surface area contributed by atoms with Crippen molar-refractivity contribution < 1.29 is 9.53 Å². The molecule has 0 bridgehead atoms. The third-order valence-electron chi connectivity index (χ3n) is 4.56. The van der Waals surface area contributed by atoms with Crippen molar-refractivity contribution in [2.45, 2.75) is 26.3 Å². The van der Waals surface area contributed by atoms with Crippen molar-refractivity contribution in [2.75, 3.05) is 24.3 Å². The van der Waals surface area contributed by atoms with E-state index in [1.165, 1.54) is 0 Å². The highest BCUT2D eigenvalue weighted by Gasteiger charge is 2.15. The fourth-order valence-corrected chi connectivity index (χ4v) is 3.93. The van der Waals surface area contributed by atoms with Gasteiger partial charge in [0.25, 0.3) is 5.91 Å². The van der Waals surface area contributed by atoms with Gasteiger partial charge in [0, 0.05) is 18.2 Å². The number of nitrogens with one attached hydrogen (secondary N) is 3. The minimum Gasteiger partial charge on any atom is -0.484 e. The van der Waals surface area contributed by atoms with E-state index in [1.54, 1.807) is 17.5 Å². The number of rotatable bonds is 7. The first-order valence-corrected chi connectivity index (χ1v) is 11.4. The van der Waals surface area contributed by atoms with Crippen LogP contribution in [0.25, 0.3) is 21.6 Å². The normalized spacial score (nSPS) is 11.3. The summed E-state index contributed by atoms with van der Waals surface area (Å²) in [6, 6.07) is 13.2. The van der Waals surface area contributed by atoms with Crippen LogP contribution in [0.2, 0.25) is 0 Å². The SMILES string of the molecule is CNc1ccc(Nc2nc(-c3cccc(OCC(=O)NC(C)(C)C)c3)nc3ccsc23)cn1. The largest absolute Gasteiger partial charge is 0.484 e. The molecule has 4 aromatic rings. The molecule has 9 heteroatoms. The Morgan fingerprint density at radius 1 is 1.12 bits per heavy atom. The van der Waals surface area contributed by atoms with Crippen molar-refractivity contribution in [1.82, 2.24) is 20.3 Å². The van der Waals surface area contributed by atoms with Crippen LogP contribution in [0, 0.1) is 0 Å². The zero-order valence-corrected chi connectivity index (χ0v) is 19.8. The number of hydrogen-bond acceptors (Lipinski definition) is 8. The molecule has 0 aliphatic carbocycles. The second-order valence-corrected chi connectivity index (χ2v) is 9.37. The molecule has 8 nitrogen and oxygen atoms in total. The molecule has 3 heterocycles. The first-order valence-electron chi connectivity index (χ1n) is 10.5. The van der Waals surface area contributed by atoms with Crippen molar-refractivity contribution in [2.24, 2.45) is 0 Å². The molecule has 1 amide bonds. The second-order valence-electron chi connectivity index (χ2n) is 8.45. The van der Waals surface area contributed by atoms with Gasteiger partial charge in [-0.3, -0.25) is 4.79 Å². The van der Waals surface area contributed by atoms with Crippen LogP contribution < -0.4 is 20.7 Å². The summed E-state index contributed by atoms with van der Waals surface area (Å²) in [5.74, 6) is 2.46. The predicted molar refractivity (Wildman–Crippen MR) is 133 cm³/mol. The van der Waals surface area contributed by atoms with Crippen LogP contribution in [0.3, 0.4) is 0 Å². The first-order chi connectivity index (χ1) is 15.8. The van der Waals surface area contributed by atoms with Crippen molar-refractivity contribution in [3.8, 4) is 17.1 Å². The van der Waals surface area contributed by atoms with E-state index >= 15 is 0 Å². The van der Waals surface area contributed by atoms with Gasteiger partial charge in [0.1, 0.15) is 11.6 Å². The molecule has 0 saturated heterocycles. The number of carbonyl (C=O) groups excluding carboxylic acids is 1. The van der Waals surface area contributed by atoms with Gasteiger partial charge in [-0.1, -0.05) is 12.1 Å². The minimum absolute atomic E-state index is 0.0619. The molecule has 33 heavy (non-hydrogen) atoms. The molecular weight excluding hydrogens is 436 g/mol. The Morgan fingerprint density at radius 2 is 1.97 bits per heavy atom. The maximum absolute atomic E-state index is 12.1. The summed E-state index contributed by atoms with van der Waals surface area (Å²) in [5.41, 5.74) is 2.17. The molecular formula is C24H26N6O2S. The number of benzene rings is 1. The highest BCUT2D eigenvalue weighted by atomic mass is 32.1. The van der Waals surface area contributed by atoms with E-state index in [0.717, 1.165) is 27.3 Å². The Hall–Kier alpha value is -3.72. The second kappa shape index (κ2) is 9.41. The van der Waals surface area contributed by atoms with Crippen molar-refractivity contribution in [1.29, 1.82) is 0 Å². The average Bonchev–Trinajstić information content (AvgIpc) is 3.26. The summed E-state index contributed by atoms with van der Waals surface area (Å²) in [6.07, 6.45) is 1.75. The molecule has 0 fully saturated rings. The van der Waals surface area contributed by atoms with E-state index < -0.39 is 0 Å². The van der Waals surface area contributed by atoms with Gasteiger partial charge in [0.2, 0.25) is 0 Å². The van der Waals surface area contributed by atoms with Crippen LogP contribution in [0.15, 0.2) is 54.0 Å². The number of aromatic nitrogens is 3. The molecule has 0 saturated carbocycles.